The summed E-state index contributed by atoms with van der Waals surface area (Å²) in [7, 11) is 0. The highest BCUT2D eigenvalue weighted by atomic mass is 79.9. The fourth-order valence-electron chi connectivity index (χ4n) is 0.397. The van der Waals surface area contributed by atoms with E-state index in [4.69, 9.17) is 0 Å². The molecule has 0 aromatic rings. The van der Waals surface area contributed by atoms with Gasteiger partial charge in [0.15, 0.2) is 0 Å². The molecule has 0 saturated carbocycles. The molecular weight excluding hydrogens is 460 g/mol. The van der Waals surface area contributed by atoms with Gasteiger partial charge >= 0.3 is 0 Å². The van der Waals surface area contributed by atoms with Crippen LogP contribution in [0.15, 0.2) is 0 Å². The number of hydrogen-bond donors (Lipinski definition) is 0. The molecule has 0 aromatic heterocycles. The van der Waals surface area contributed by atoms with Gasteiger partial charge in [0, 0.05) is 25.1 Å². The molecule has 0 bridgehead atoms. The van der Waals surface area contributed by atoms with E-state index in [1.54, 1.807) is 0 Å². The second-order valence-electron chi connectivity index (χ2n) is 1.79. The summed E-state index contributed by atoms with van der Waals surface area (Å²) < 4.78 is 0. The molecule has 62 valence electrons. The zero-order chi connectivity index (χ0) is 8.15. The monoisotopic (exact) mass is 462 g/mol. The first-order valence-corrected chi connectivity index (χ1v) is 7.66. The Labute approximate surface area is 104 Å². The van der Waals surface area contributed by atoms with E-state index < -0.39 is 0 Å². The second kappa shape index (κ2) is 6.87. The van der Waals surface area contributed by atoms with Gasteiger partial charge in [-0.25, -0.2) is 0 Å². The van der Waals surface area contributed by atoms with Crippen molar-refractivity contribution in [2.75, 3.05) is 10.7 Å². The van der Waals surface area contributed by atoms with Crippen LogP contribution in [0.5, 0.6) is 0 Å². The van der Waals surface area contributed by atoms with Crippen LogP contribution in [-0.4, -0.2) is 25.1 Å². The van der Waals surface area contributed by atoms with Crippen molar-refractivity contribution in [3.63, 3.8) is 0 Å². The average molecular weight is 467 g/mol. The summed E-state index contributed by atoms with van der Waals surface area (Å²) >= 11 is 17.5. The van der Waals surface area contributed by atoms with E-state index in [0.29, 0.717) is 14.5 Å². The molecule has 0 radical (unpaired) electrons. The van der Waals surface area contributed by atoms with Gasteiger partial charge in [-0.2, -0.15) is 0 Å². The van der Waals surface area contributed by atoms with Crippen LogP contribution in [0.4, 0.5) is 0 Å². The van der Waals surface area contributed by atoms with Gasteiger partial charge in [0.05, 0.1) is 0 Å². The van der Waals surface area contributed by atoms with E-state index in [-0.39, 0.29) is 0 Å². The van der Waals surface area contributed by atoms with Gasteiger partial charge in [0.25, 0.3) is 0 Å². The maximum absolute atomic E-state index is 3.58. The maximum Gasteiger partial charge on any atom is 0.0412 e. The molecule has 10 heavy (non-hydrogen) atoms. The highest BCUT2D eigenvalue weighted by molar-refractivity contribution is 9.15. The Morgan fingerprint density at radius 3 is 1.30 bits per heavy atom. The van der Waals surface area contributed by atoms with E-state index in [1.165, 1.54) is 0 Å². The van der Waals surface area contributed by atoms with Gasteiger partial charge in [0.2, 0.25) is 0 Å². The van der Waals surface area contributed by atoms with Gasteiger partial charge in [0.1, 0.15) is 0 Å². The molecule has 0 aliphatic carbocycles. The molecular formula is C5H7Br5. The Kier molecular flexibility index (Phi) is 8.51. The van der Waals surface area contributed by atoms with Crippen LogP contribution in [0.2, 0.25) is 0 Å². The van der Waals surface area contributed by atoms with Crippen LogP contribution >= 0.6 is 79.6 Å². The summed E-state index contributed by atoms with van der Waals surface area (Å²) in [5.74, 6) is 0. The molecule has 2 atom stereocenters. The lowest BCUT2D eigenvalue weighted by Crippen LogP contribution is -2.26. The minimum Gasteiger partial charge on any atom is -0.0916 e. The molecule has 0 saturated heterocycles. The van der Waals surface area contributed by atoms with Gasteiger partial charge in [-0.15, -0.1) is 0 Å². The SMILES string of the molecule is BrCC(Br)C(Br)C(Br)CBr. The lowest BCUT2D eigenvalue weighted by Gasteiger charge is -2.17. The summed E-state index contributed by atoms with van der Waals surface area (Å²) in [5, 5.41) is 1.91. The Hall–Kier alpha value is 2.40. The number of halogens is 5. The zero-order valence-electron chi connectivity index (χ0n) is 5.04. The van der Waals surface area contributed by atoms with Crippen molar-refractivity contribution in [3.8, 4) is 0 Å². The minimum atomic E-state index is 0.450. The standard InChI is InChI=1S/C5H7Br5/c6-1-3(8)5(10)4(9)2-7/h3-5H,1-2H2. The topological polar surface area (TPSA) is 0 Å². The summed E-state index contributed by atoms with van der Waals surface area (Å²) in [5.41, 5.74) is 0. The van der Waals surface area contributed by atoms with E-state index >= 15 is 0 Å². The van der Waals surface area contributed by atoms with Gasteiger partial charge < -0.3 is 0 Å². The third kappa shape index (κ3) is 4.43. The molecule has 0 aliphatic heterocycles. The fraction of sp³-hybridized carbons (Fsp3) is 1.00. The Balaban J connectivity index is 3.69. The van der Waals surface area contributed by atoms with E-state index in [0.717, 1.165) is 10.7 Å². The van der Waals surface area contributed by atoms with E-state index in [2.05, 4.69) is 79.6 Å². The molecule has 0 aliphatic rings. The van der Waals surface area contributed by atoms with Crippen LogP contribution in [0, 0.1) is 0 Å². The third-order valence-electron chi connectivity index (χ3n) is 0.986. The number of alkyl halides is 5. The normalized spacial score (nSPS) is 20.1. The highest BCUT2D eigenvalue weighted by Crippen LogP contribution is 2.25. The molecule has 5 heteroatoms. The Bertz CT molecular complexity index is 76.1. The van der Waals surface area contributed by atoms with Crippen LogP contribution in [0.25, 0.3) is 0 Å². The van der Waals surface area contributed by atoms with Crippen molar-refractivity contribution in [1.82, 2.24) is 0 Å². The Morgan fingerprint density at radius 2 is 1.10 bits per heavy atom. The van der Waals surface area contributed by atoms with Crippen LogP contribution in [0.1, 0.15) is 0 Å². The molecule has 0 aromatic carbocycles. The molecule has 0 N–H and O–H groups in total. The minimum absolute atomic E-state index is 0.450. The van der Waals surface area contributed by atoms with Crippen molar-refractivity contribution in [3.05, 3.63) is 0 Å². The molecule has 0 nitrogen and oxygen atoms in total. The predicted octanol–water partition coefficient (Wildman–Crippen LogP) is 4.07. The second-order valence-corrected chi connectivity index (χ2v) is 6.49. The van der Waals surface area contributed by atoms with E-state index in [9.17, 15) is 0 Å². The Morgan fingerprint density at radius 1 is 0.800 bits per heavy atom. The van der Waals surface area contributed by atoms with Crippen molar-refractivity contribution < 1.29 is 0 Å². The van der Waals surface area contributed by atoms with Crippen LogP contribution in [-0.2, 0) is 0 Å². The molecule has 0 fully saturated rings. The summed E-state index contributed by atoms with van der Waals surface area (Å²) in [6.45, 7) is 0. The molecule has 2 unspecified atom stereocenters. The molecule has 0 spiro atoms. The lowest BCUT2D eigenvalue weighted by molar-refractivity contribution is 0.879. The van der Waals surface area contributed by atoms with Gasteiger partial charge in [-0.05, 0) is 0 Å². The first-order chi connectivity index (χ1) is 4.63. The number of rotatable bonds is 4. The zero-order valence-corrected chi connectivity index (χ0v) is 13.0. The quantitative estimate of drug-likeness (QED) is 0.548. The van der Waals surface area contributed by atoms with Crippen molar-refractivity contribution in [1.29, 1.82) is 0 Å². The molecule has 0 rings (SSSR count). The third-order valence-corrected chi connectivity index (χ3v) is 8.60. The van der Waals surface area contributed by atoms with Crippen molar-refractivity contribution in [2.45, 2.75) is 14.5 Å². The summed E-state index contributed by atoms with van der Waals surface area (Å²) in [6, 6.07) is 0. The molecule has 0 amide bonds. The fourth-order valence-corrected chi connectivity index (χ4v) is 3.73. The van der Waals surface area contributed by atoms with Crippen molar-refractivity contribution in [2.24, 2.45) is 0 Å². The summed E-state index contributed by atoms with van der Waals surface area (Å²) in [4.78, 5) is 1.38. The largest absolute Gasteiger partial charge is 0.0916 e. The van der Waals surface area contributed by atoms with E-state index in [1.807, 2.05) is 0 Å². The first-order valence-electron chi connectivity index (χ1n) is 2.67. The van der Waals surface area contributed by atoms with Crippen LogP contribution in [0.3, 0.4) is 0 Å². The number of hydrogen-bond acceptors (Lipinski definition) is 0. The molecule has 0 heterocycles. The summed E-state index contributed by atoms with van der Waals surface area (Å²) in [6.07, 6.45) is 0. The smallest absolute Gasteiger partial charge is 0.0412 e. The average Bonchev–Trinajstić information content (AvgIpc) is 2.00. The lowest BCUT2D eigenvalue weighted by atomic mass is 10.3. The van der Waals surface area contributed by atoms with Gasteiger partial charge in [-0.1, -0.05) is 79.6 Å². The highest BCUT2D eigenvalue weighted by Gasteiger charge is 2.21. The van der Waals surface area contributed by atoms with Crippen molar-refractivity contribution >= 4 is 79.6 Å². The maximum atomic E-state index is 3.58. The van der Waals surface area contributed by atoms with Gasteiger partial charge in [-0.3, -0.25) is 0 Å². The first kappa shape index (κ1) is 12.4. The predicted molar refractivity (Wildman–Crippen MR) is 65.7 cm³/mol. The van der Waals surface area contributed by atoms with Crippen LogP contribution < -0.4 is 0 Å².